The highest BCUT2D eigenvalue weighted by molar-refractivity contribution is 7.71. The Kier molecular flexibility index (Phi) is 8.00. The Hall–Kier alpha value is -1.27. The minimum absolute atomic E-state index is 0.0422. The van der Waals surface area contributed by atoms with Crippen LogP contribution >= 0.6 is 35.7 Å². The summed E-state index contributed by atoms with van der Waals surface area (Å²) in [6, 6.07) is 0. The quantitative estimate of drug-likeness (QED) is 0.155. The van der Waals surface area contributed by atoms with E-state index in [1.54, 1.807) is 0 Å². The second-order valence-electron chi connectivity index (χ2n) is 7.01. The van der Waals surface area contributed by atoms with Crippen molar-refractivity contribution in [1.29, 1.82) is 0 Å². The van der Waals surface area contributed by atoms with Crippen molar-refractivity contribution in [2.75, 3.05) is 6.61 Å². The third-order valence-electron chi connectivity index (χ3n) is 4.54. The van der Waals surface area contributed by atoms with E-state index in [0.717, 1.165) is 4.40 Å². The second-order valence-corrected chi connectivity index (χ2v) is 11.8. The molecule has 7 N–H and O–H groups in total. The van der Waals surface area contributed by atoms with E-state index in [9.17, 15) is 38.0 Å². The topological polar surface area (TPSA) is 260 Å². The lowest BCUT2D eigenvalue weighted by Crippen LogP contribution is -2.33. The summed E-state index contributed by atoms with van der Waals surface area (Å²) in [5.74, 6) is -1.24. The maximum Gasteiger partial charge on any atom is 0.490 e. The Labute approximate surface area is 198 Å². The van der Waals surface area contributed by atoms with Crippen LogP contribution in [0.25, 0.3) is 5.78 Å². The maximum absolute atomic E-state index is 14.0. The lowest BCUT2D eigenvalue weighted by Gasteiger charge is -2.19. The summed E-state index contributed by atoms with van der Waals surface area (Å²) in [4.78, 5) is 53.4. The molecule has 3 heterocycles. The van der Waals surface area contributed by atoms with Gasteiger partial charge in [-0.1, -0.05) is 12.2 Å². The van der Waals surface area contributed by atoms with E-state index in [-0.39, 0.29) is 21.7 Å². The number of H-pyrrole nitrogens is 1. The van der Waals surface area contributed by atoms with Crippen LogP contribution in [0.2, 0.25) is 0 Å². The van der Waals surface area contributed by atoms with Crippen LogP contribution in [0.5, 0.6) is 0 Å². The normalized spacial score (nSPS) is 26.5. The molecular formula is C13H17FN3O14P3S. The first-order valence-electron chi connectivity index (χ1n) is 9.02. The number of nitrogens with zero attached hydrogens (tertiary/aromatic N) is 2. The Morgan fingerprint density at radius 1 is 1.17 bits per heavy atom. The van der Waals surface area contributed by atoms with Gasteiger partial charge in [-0.2, -0.15) is 13.0 Å². The fraction of sp³-hybridized carbons (Fsp3) is 0.462. The summed E-state index contributed by atoms with van der Waals surface area (Å²) < 4.78 is 65.7. The lowest BCUT2D eigenvalue weighted by molar-refractivity contribution is -0.0225. The van der Waals surface area contributed by atoms with Gasteiger partial charge in [0.25, 0.3) is 5.56 Å². The van der Waals surface area contributed by atoms with Crippen molar-refractivity contribution in [2.24, 2.45) is 0 Å². The number of phosphoric ester groups is 1. The van der Waals surface area contributed by atoms with Crippen LogP contribution in [0, 0.1) is 17.4 Å². The molecule has 3 unspecified atom stereocenters. The first kappa shape index (κ1) is 28.3. The van der Waals surface area contributed by atoms with Gasteiger partial charge in [0.1, 0.15) is 29.1 Å². The monoisotopic (exact) mass is 583 g/mol. The number of nitrogens with one attached hydrogen (secondary N) is 1. The van der Waals surface area contributed by atoms with Gasteiger partial charge in [-0.05, 0) is 6.92 Å². The lowest BCUT2D eigenvalue weighted by atomic mass is 10.0. The summed E-state index contributed by atoms with van der Waals surface area (Å²) in [5.41, 5.74) is -1.25. The van der Waals surface area contributed by atoms with Crippen LogP contribution in [0.1, 0.15) is 17.4 Å². The number of hydrogen-bond acceptors (Lipinski definition) is 12. The SMILES string of the molecule is Cc1c(F)c(=O)[nH]c2nc(=S)c([C@@H]3O[C@H](COP(=O)(O)OP(=O)(O)OP(=O)(O)O)C(O)[C@@H]3O)cn12. The second kappa shape index (κ2) is 9.89. The zero-order valence-corrected chi connectivity index (χ0v) is 20.6. The van der Waals surface area contributed by atoms with Crippen LogP contribution in [0.15, 0.2) is 11.0 Å². The van der Waals surface area contributed by atoms with Crippen LogP contribution in [-0.2, 0) is 31.6 Å². The molecule has 1 aliphatic rings. The molecule has 0 aromatic carbocycles. The molecular weight excluding hydrogens is 566 g/mol. The number of aliphatic hydroxyl groups excluding tert-OH is 2. The number of aliphatic hydroxyl groups is 2. The zero-order chi connectivity index (χ0) is 26.5. The van der Waals surface area contributed by atoms with Crippen LogP contribution in [-0.4, -0.2) is 69.1 Å². The molecule has 2 aromatic rings. The summed E-state index contributed by atoms with van der Waals surface area (Å²) in [5, 5.41) is 20.6. The van der Waals surface area contributed by atoms with Gasteiger partial charge in [0, 0.05) is 11.8 Å². The van der Waals surface area contributed by atoms with Crippen molar-refractivity contribution < 1.29 is 65.8 Å². The van der Waals surface area contributed by atoms with E-state index in [4.69, 9.17) is 31.6 Å². The molecule has 2 aromatic heterocycles. The maximum atomic E-state index is 14.0. The summed E-state index contributed by atoms with van der Waals surface area (Å²) >= 11 is 5.11. The largest absolute Gasteiger partial charge is 0.490 e. The average Bonchev–Trinajstić information content (AvgIpc) is 2.96. The molecule has 6 atom stereocenters. The highest BCUT2D eigenvalue weighted by Gasteiger charge is 2.46. The van der Waals surface area contributed by atoms with E-state index in [0.29, 0.717) is 0 Å². The molecule has 196 valence electrons. The number of ether oxygens (including phenoxy) is 1. The van der Waals surface area contributed by atoms with Crippen molar-refractivity contribution in [3.8, 4) is 0 Å². The van der Waals surface area contributed by atoms with Crippen molar-refractivity contribution in [3.63, 3.8) is 0 Å². The third-order valence-corrected chi connectivity index (χ3v) is 8.67. The van der Waals surface area contributed by atoms with Crippen LogP contribution in [0.3, 0.4) is 0 Å². The number of aryl methyl sites for hydroxylation is 1. The van der Waals surface area contributed by atoms with Gasteiger partial charge in [-0.3, -0.25) is 18.7 Å². The number of phosphoric acid groups is 3. The Balaban J connectivity index is 1.80. The average molecular weight is 583 g/mol. The van der Waals surface area contributed by atoms with Gasteiger partial charge in [0.2, 0.25) is 11.6 Å². The Morgan fingerprint density at radius 3 is 2.40 bits per heavy atom. The van der Waals surface area contributed by atoms with E-state index in [2.05, 4.69) is 23.1 Å². The zero-order valence-electron chi connectivity index (χ0n) is 17.1. The molecule has 0 amide bonds. The van der Waals surface area contributed by atoms with Gasteiger partial charge >= 0.3 is 23.5 Å². The molecule has 3 rings (SSSR count). The predicted octanol–water partition coefficient (Wildman–Crippen LogP) is -0.295. The molecule has 0 saturated carbocycles. The van der Waals surface area contributed by atoms with Gasteiger partial charge in [0.05, 0.1) is 12.3 Å². The number of fused-ring (bicyclic) bond motifs is 1. The number of aromatic amines is 1. The molecule has 1 fully saturated rings. The first-order chi connectivity index (χ1) is 15.9. The molecule has 0 radical (unpaired) electrons. The Morgan fingerprint density at radius 2 is 1.80 bits per heavy atom. The Bertz CT molecular complexity index is 1410. The smallest absolute Gasteiger partial charge is 0.387 e. The summed E-state index contributed by atoms with van der Waals surface area (Å²) in [6.07, 6.45) is -5.31. The van der Waals surface area contributed by atoms with Crippen LogP contribution in [0.4, 0.5) is 4.39 Å². The first-order valence-corrected chi connectivity index (χ1v) is 14.0. The molecule has 0 spiro atoms. The number of rotatable bonds is 8. The molecule has 17 nitrogen and oxygen atoms in total. The fourth-order valence-corrected chi connectivity index (χ4v) is 6.34. The van der Waals surface area contributed by atoms with E-state index >= 15 is 0 Å². The molecule has 0 bridgehead atoms. The third kappa shape index (κ3) is 6.54. The highest BCUT2D eigenvalue weighted by atomic mass is 32.1. The summed E-state index contributed by atoms with van der Waals surface area (Å²) in [7, 11) is -16.9. The molecule has 1 saturated heterocycles. The van der Waals surface area contributed by atoms with Gasteiger partial charge < -0.3 is 34.5 Å². The molecule has 0 aliphatic carbocycles. The predicted molar refractivity (Wildman–Crippen MR) is 111 cm³/mol. The van der Waals surface area contributed by atoms with E-state index in [1.165, 1.54) is 13.1 Å². The van der Waals surface area contributed by atoms with Gasteiger partial charge in [-0.25, -0.2) is 18.7 Å². The standard InChI is InChI=1S/C13H17FN3O14P3S/c1-4-7(14)11(20)15-13-16-12(35)5(2-17(4)13)10-9(19)8(18)6(29-10)3-28-33(24,25)31-34(26,27)30-32(21,22)23/h2,6,8-10,18-19H,3H2,1H3,(H,24,25)(H,26,27)(H2,21,22,23)(H,15,16,20,35)/t6-,8?,9+,10+/m1/s1. The number of aromatic nitrogens is 3. The van der Waals surface area contributed by atoms with Crippen LogP contribution < -0.4 is 5.56 Å². The van der Waals surface area contributed by atoms with Crippen molar-refractivity contribution in [1.82, 2.24) is 14.4 Å². The molecule has 22 heteroatoms. The van der Waals surface area contributed by atoms with E-state index in [1.807, 2.05) is 0 Å². The van der Waals surface area contributed by atoms with Gasteiger partial charge in [0.15, 0.2) is 0 Å². The fourth-order valence-electron chi connectivity index (χ4n) is 3.05. The minimum Gasteiger partial charge on any atom is -0.387 e. The van der Waals surface area contributed by atoms with Crippen molar-refractivity contribution in [2.45, 2.75) is 31.3 Å². The van der Waals surface area contributed by atoms with Crippen molar-refractivity contribution in [3.05, 3.63) is 38.3 Å². The number of halogens is 1. The van der Waals surface area contributed by atoms with Gasteiger partial charge in [-0.15, -0.1) is 0 Å². The molecule has 35 heavy (non-hydrogen) atoms. The summed E-state index contributed by atoms with van der Waals surface area (Å²) in [6.45, 7) is 0.221. The highest BCUT2D eigenvalue weighted by Crippen LogP contribution is 2.66. The van der Waals surface area contributed by atoms with E-state index < -0.39 is 65.9 Å². The minimum atomic E-state index is -5.76. The number of hydrogen-bond donors (Lipinski definition) is 7. The molecule has 1 aliphatic heterocycles. The van der Waals surface area contributed by atoms with Crippen molar-refractivity contribution >= 4 is 41.5 Å².